The van der Waals surface area contributed by atoms with Crippen LogP contribution in [0.4, 0.5) is 0 Å². The monoisotopic (exact) mass is 274 g/mol. The predicted octanol–water partition coefficient (Wildman–Crippen LogP) is 3.16. The summed E-state index contributed by atoms with van der Waals surface area (Å²) in [5.74, 6) is 0.672. The summed E-state index contributed by atoms with van der Waals surface area (Å²) in [5.41, 5.74) is 2.69. The molecule has 3 nitrogen and oxygen atoms in total. The summed E-state index contributed by atoms with van der Waals surface area (Å²) in [7, 11) is 0. The van der Waals surface area contributed by atoms with Crippen molar-refractivity contribution in [3.05, 3.63) is 36.0 Å². The van der Waals surface area contributed by atoms with Crippen LogP contribution in [0.5, 0.6) is 0 Å². The van der Waals surface area contributed by atoms with E-state index in [4.69, 9.17) is 5.11 Å². The van der Waals surface area contributed by atoms with Crippen molar-refractivity contribution >= 4 is 10.9 Å². The van der Waals surface area contributed by atoms with E-state index in [1.807, 2.05) is 0 Å². The number of hydrogen-bond donors (Lipinski definition) is 2. The molecule has 1 aromatic carbocycles. The highest BCUT2D eigenvalue weighted by molar-refractivity contribution is 5.83. The van der Waals surface area contributed by atoms with E-state index in [1.54, 1.807) is 0 Å². The fourth-order valence-electron chi connectivity index (χ4n) is 2.56. The van der Waals surface area contributed by atoms with Crippen LogP contribution in [0.3, 0.4) is 0 Å². The third-order valence-electron chi connectivity index (χ3n) is 3.55. The van der Waals surface area contributed by atoms with Gasteiger partial charge in [0.25, 0.3) is 0 Å². The lowest BCUT2D eigenvalue weighted by Crippen LogP contribution is -2.19. The van der Waals surface area contributed by atoms with Crippen molar-refractivity contribution in [2.75, 3.05) is 13.2 Å². The zero-order valence-electron chi connectivity index (χ0n) is 12.6. The number of benzene rings is 1. The van der Waals surface area contributed by atoms with E-state index in [0.717, 1.165) is 32.5 Å². The van der Waals surface area contributed by atoms with Crippen LogP contribution in [0.1, 0.15) is 32.3 Å². The minimum Gasteiger partial charge on any atom is -0.396 e. The molecular formula is C17H26N2O. The summed E-state index contributed by atoms with van der Waals surface area (Å²) in [6, 6.07) is 8.69. The maximum atomic E-state index is 8.91. The van der Waals surface area contributed by atoms with Crippen LogP contribution in [0.25, 0.3) is 10.9 Å². The van der Waals surface area contributed by atoms with E-state index < -0.39 is 0 Å². The summed E-state index contributed by atoms with van der Waals surface area (Å²) in [5, 5.41) is 13.7. The number of aliphatic hydroxyl groups excluding tert-OH is 1. The van der Waals surface area contributed by atoms with Crippen LogP contribution in [0, 0.1) is 5.92 Å². The number of hydrogen-bond acceptors (Lipinski definition) is 2. The highest BCUT2D eigenvalue weighted by atomic mass is 16.2. The number of unbranched alkanes of at least 4 members (excludes halogenated alkanes) is 1. The molecule has 0 aliphatic rings. The van der Waals surface area contributed by atoms with Crippen molar-refractivity contribution < 1.29 is 5.11 Å². The molecule has 0 unspecified atom stereocenters. The summed E-state index contributed by atoms with van der Waals surface area (Å²) in [6.45, 7) is 7.67. The van der Waals surface area contributed by atoms with Gasteiger partial charge in [-0.05, 0) is 42.3 Å². The lowest BCUT2D eigenvalue weighted by molar-refractivity contribution is 0.281. The molecule has 110 valence electrons. The van der Waals surface area contributed by atoms with Gasteiger partial charge >= 0.3 is 0 Å². The molecule has 0 aliphatic heterocycles. The fraction of sp³-hybridized carbons (Fsp3) is 0.529. The molecule has 1 heterocycles. The van der Waals surface area contributed by atoms with Gasteiger partial charge in [-0.1, -0.05) is 32.0 Å². The van der Waals surface area contributed by atoms with Crippen molar-refractivity contribution in [3.63, 3.8) is 0 Å². The number of aryl methyl sites for hydroxylation is 1. The van der Waals surface area contributed by atoms with E-state index in [1.165, 1.54) is 16.5 Å². The smallest absolute Gasteiger partial charge is 0.0525 e. The van der Waals surface area contributed by atoms with Crippen LogP contribution in [-0.4, -0.2) is 22.8 Å². The van der Waals surface area contributed by atoms with Gasteiger partial charge < -0.3 is 15.0 Å². The second-order valence-electron chi connectivity index (χ2n) is 5.82. The second-order valence-corrected chi connectivity index (χ2v) is 5.82. The Hall–Kier alpha value is -1.32. The molecule has 0 saturated carbocycles. The van der Waals surface area contributed by atoms with E-state index in [9.17, 15) is 0 Å². The molecule has 2 rings (SSSR count). The predicted molar refractivity (Wildman–Crippen MR) is 84.8 cm³/mol. The number of nitrogens with one attached hydrogen (secondary N) is 1. The van der Waals surface area contributed by atoms with Crippen LogP contribution in [-0.2, 0) is 13.1 Å². The van der Waals surface area contributed by atoms with E-state index in [-0.39, 0.29) is 6.61 Å². The van der Waals surface area contributed by atoms with Gasteiger partial charge in [0.05, 0.1) is 5.52 Å². The first-order chi connectivity index (χ1) is 9.72. The normalized spacial score (nSPS) is 11.6. The third kappa shape index (κ3) is 3.84. The van der Waals surface area contributed by atoms with Crippen LogP contribution in [0.15, 0.2) is 30.5 Å². The zero-order chi connectivity index (χ0) is 14.4. The van der Waals surface area contributed by atoms with E-state index >= 15 is 0 Å². The quantitative estimate of drug-likeness (QED) is 0.726. The number of fused-ring (bicyclic) bond motifs is 1. The summed E-state index contributed by atoms with van der Waals surface area (Å²) in [6.07, 6.45) is 4.05. The van der Waals surface area contributed by atoms with Crippen molar-refractivity contribution in [1.29, 1.82) is 0 Å². The lowest BCUT2D eigenvalue weighted by Gasteiger charge is -2.12. The molecular weight excluding hydrogens is 248 g/mol. The third-order valence-corrected chi connectivity index (χ3v) is 3.55. The number of aromatic nitrogens is 1. The largest absolute Gasteiger partial charge is 0.396 e. The van der Waals surface area contributed by atoms with E-state index in [0.29, 0.717) is 5.92 Å². The Morgan fingerprint density at radius 1 is 1.20 bits per heavy atom. The lowest BCUT2D eigenvalue weighted by atomic mass is 10.1. The number of nitrogens with zero attached hydrogens (tertiary/aromatic N) is 1. The topological polar surface area (TPSA) is 37.2 Å². The molecule has 2 N–H and O–H groups in total. The minimum absolute atomic E-state index is 0.280. The first-order valence-corrected chi connectivity index (χ1v) is 7.60. The number of rotatable bonds is 8. The highest BCUT2D eigenvalue weighted by Gasteiger charge is 2.06. The van der Waals surface area contributed by atoms with Crippen LogP contribution >= 0.6 is 0 Å². The standard InChI is InChI=1S/C17H26N2O/c1-14(2)12-18-13-16-7-5-6-15-8-10-19(17(15)16)9-3-4-11-20/h5-8,10,14,18,20H,3-4,9,11-13H2,1-2H3. The van der Waals surface area contributed by atoms with Gasteiger partial charge in [-0.2, -0.15) is 0 Å². The van der Waals surface area contributed by atoms with Gasteiger partial charge in [0.1, 0.15) is 0 Å². The Labute approximate surface area is 121 Å². The molecule has 0 saturated heterocycles. The molecule has 0 radical (unpaired) electrons. The average molecular weight is 274 g/mol. The van der Waals surface area contributed by atoms with E-state index in [2.05, 4.69) is 54.2 Å². The molecule has 0 atom stereocenters. The van der Waals surface area contributed by atoms with Crippen LogP contribution in [0.2, 0.25) is 0 Å². The van der Waals surface area contributed by atoms with Crippen molar-refractivity contribution in [2.45, 2.75) is 39.8 Å². The van der Waals surface area contributed by atoms with Gasteiger partial charge in [0.15, 0.2) is 0 Å². The Kier molecular flexibility index (Phi) is 5.62. The van der Waals surface area contributed by atoms with Gasteiger partial charge in [0.2, 0.25) is 0 Å². The molecule has 1 aromatic heterocycles. The first-order valence-electron chi connectivity index (χ1n) is 7.60. The van der Waals surface area contributed by atoms with Crippen LogP contribution < -0.4 is 5.32 Å². The molecule has 20 heavy (non-hydrogen) atoms. The highest BCUT2D eigenvalue weighted by Crippen LogP contribution is 2.21. The Bertz CT molecular complexity index is 531. The first kappa shape index (κ1) is 15.1. The Morgan fingerprint density at radius 3 is 2.80 bits per heavy atom. The molecule has 3 heteroatoms. The van der Waals surface area contributed by atoms with Gasteiger partial charge in [-0.15, -0.1) is 0 Å². The molecule has 0 spiro atoms. The molecule has 0 aliphatic carbocycles. The molecule has 0 bridgehead atoms. The van der Waals surface area contributed by atoms with Gasteiger partial charge in [-0.25, -0.2) is 0 Å². The Balaban J connectivity index is 2.13. The molecule has 0 amide bonds. The van der Waals surface area contributed by atoms with Gasteiger partial charge in [-0.3, -0.25) is 0 Å². The van der Waals surface area contributed by atoms with Crippen molar-refractivity contribution in [2.24, 2.45) is 5.92 Å². The average Bonchev–Trinajstić information content (AvgIpc) is 2.83. The van der Waals surface area contributed by atoms with Gasteiger partial charge in [0, 0.05) is 25.9 Å². The maximum Gasteiger partial charge on any atom is 0.0525 e. The number of aliphatic hydroxyl groups is 1. The molecule has 2 aromatic rings. The summed E-state index contributed by atoms with van der Waals surface area (Å²) < 4.78 is 2.32. The summed E-state index contributed by atoms with van der Waals surface area (Å²) >= 11 is 0. The number of para-hydroxylation sites is 1. The Morgan fingerprint density at radius 2 is 2.05 bits per heavy atom. The summed E-state index contributed by atoms with van der Waals surface area (Å²) in [4.78, 5) is 0. The maximum absolute atomic E-state index is 8.91. The fourth-order valence-corrected chi connectivity index (χ4v) is 2.56. The van der Waals surface area contributed by atoms with Crippen molar-refractivity contribution in [1.82, 2.24) is 9.88 Å². The second kappa shape index (κ2) is 7.46. The van der Waals surface area contributed by atoms with Crippen molar-refractivity contribution in [3.8, 4) is 0 Å². The molecule has 0 fully saturated rings. The zero-order valence-corrected chi connectivity index (χ0v) is 12.6. The SMILES string of the molecule is CC(C)CNCc1cccc2ccn(CCCCO)c12. The minimum atomic E-state index is 0.280.